The van der Waals surface area contributed by atoms with Crippen LogP contribution in [0.5, 0.6) is 0 Å². The third kappa shape index (κ3) is 4.18. The summed E-state index contributed by atoms with van der Waals surface area (Å²) in [6.07, 6.45) is 4.79. The van der Waals surface area contributed by atoms with Crippen molar-refractivity contribution in [1.82, 2.24) is 5.32 Å². The predicted molar refractivity (Wildman–Crippen MR) is 59.4 cm³/mol. The van der Waals surface area contributed by atoms with Crippen molar-refractivity contribution in [3.05, 3.63) is 0 Å². The van der Waals surface area contributed by atoms with Gasteiger partial charge in [-0.05, 0) is 32.2 Å². The number of hydrogen-bond donors (Lipinski definition) is 2. The fraction of sp³-hybridized carbons (Fsp3) is 0.909. The lowest BCUT2D eigenvalue weighted by Gasteiger charge is -2.30. The molecule has 1 aliphatic carbocycles. The zero-order valence-electron chi connectivity index (χ0n) is 9.50. The van der Waals surface area contributed by atoms with Crippen LogP contribution in [-0.2, 0) is 9.53 Å². The molecule has 0 aromatic carbocycles. The van der Waals surface area contributed by atoms with Crippen LogP contribution in [0.2, 0.25) is 0 Å². The first kappa shape index (κ1) is 12.5. The Bertz CT molecular complexity index is 197. The number of carbonyl (C=O) groups is 1. The third-order valence-electron chi connectivity index (χ3n) is 2.94. The summed E-state index contributed by atoms with van der Waals surface area (Å²) in [6.45, 7) is 3.41. The number of rotatable bonds is 5. The lowest BCUT2D eigenvalue weighted by Crippen LogP contribution is -2.36. The standard InChI is InChI=1S/C11H22N2O2/c1-2-13-11(14)8-15-10-6-4-3-5-9(10)7-12/h9-10H,2-8,12H2,1H3,(H,13,14). The van der Waals surface area contributed by atoms with Gasteiger partial charge < -0.3 is 15.8 Å². The molecule has 0 saturated heterocycles. The number of carbonyl (C=O) groups excluding carboxylic acids is 1. The van der Waals surface area contributed by atoms with E-state index < -0.39 is 0 Å². The van der Waals surface area contributed by atoms with Crippen molar-refractivity contribution in [1.29, 1.82) is 0 Å². The molecular weight excluding hydrogens is 192 g/mol. The van der Waals surface area contributed by atoms with Crippen molar-refractivity contribution in [2.45, 2.75) is 38.7 Å². The van der Waals surface area contributed by atoms with E-state index in [4.69, 9.17) is 10.5 Å². The van der Waals surface area contributed by atoms with Crippen LogP contribution in [0.3, 0.4) is 0 Å². The molecule has 0 bridgehead atoms. The Labute approximate surface area is 91.5 Å². The monoisotopic (exact) mass is 214 g/mol. The van der Waals surface area contributed by atoms with E-state index in [0.29, 0.717) is 19.0 Å². The van der Waals surface area contributed by atoms with E-state index in [9.17, 15) is 4.79 Å². The van der Waals surface area contributed by atoms with Gasteiger partial charge in [0.2, 0.25) is 5.91 Å². The number of nitrogens with two attached hydrogens (primary N) is 1. The molecule has 1 fully saturated rings. The maximum Gasteiger partial charge on any atom is 0.246 e. The third-order valence-corrected chi connectivity index (χ3v) is 2.94. The molecule has 1 aliphatic rings. The van der Waals surface area contributed by atoms with Crippen molar-refractivity contribution in [3.8, 4) is 0 Å². The van der Waals surface area contributed by atoms with E-state index in [1.54, 1.807) is 0 Å². The molecule has 4 heteroatoms. The summed E-state index contributed by atoms with van der Waals surface area (Å²) in [5, 5.41) is 2.72. The van der Waals surface area contributed by atoms with E-state index in [2.05, 4.69) is 5.32 Å². The smallest absolute Gasteiger partial charge is 0.246 e. The Morgan fingerprint density at radius 2 is 2.20 bits per heavy atom. The van der Waals surface area contributed by atoms with Gasteiger partial charge in [0.1, 0.15) is 6.61 Å². The molecule has 3 N–H and O–H groups in total. The van der Waals surface area contributed by atoms with Crippen LogP contribution in [0, 0.1) is 5.92 Å². The van der Waals surface area contributed by atoms with E-state index in [1.165, 1.54) is 12.8 Å². The zero-order chi connectivity index (χ0) is 11.1. The first-order valence-corrected chi connectivity index (χ1v) is 5.86. The molecule has 4 nitrogen and oxygen atoms in total. The van der Waals surface area contributed by atoms with Crippen LogP contribution >= 0.6 is 0 Å². The zero-order valence-corrected chi connectivity index (χ0v) is 9.50. The van der Waals surface area contributed by atoms with E-state index in [1.807, 2.05) is 6.92 Å². The van der Waals surface area contributed by atoms with Crippen LogP contribution < -0.4 is 11.1 Å². The van der Waals surface area contributed by atoms with Gasteiger partial charge in [0.05, 0.1) is 6.10 Å². The van der Waals surface area contributed by atoms with Gasteiger partial charge in [0, 0.05) is 6.54 Å². The highest BCUT2D eigenvalue weighted by molar-refractivity contribution is 5.77. The molecule has 0 spiro atoms. The summed E-state index contributed by atoms with van der Waals surface area (Å²) in [4.78, 5) is 11.2. The summed E-state index contributed by atoms with van der Waals surface area (Å²) in [7, 11) is 0. The van der Waals surface area contributed by atoms with Crippen LogP contribution in [0.15, 0.2) is 0 Å². The van der Waals surface area contributed by atoms with Gasteiger partial charge in [0.25, 0.3) is 0 Å². The highest BCUT2D eigenvalue weighted by atomic mass is 16.5. The van der Waals surface area contributed by atoms with Crippen LogP contribution in [0.4, 0.5) is 0 Å². The summed E-state index contributed by atoms with van der Waals surface area (Å²) >= 11 is 0. The average molecular weight is 214 g/mol. The molecule has 0 aliphatic heterocycles. The van der Waals surface area contributed by atoms with E-state index in [0.717, 1.165) is 12.8 Å². The van der Waals surface area contributed by atoms with E-state index in [-0.39, 0.29) is 18.6 Å². The van der Waals surface area contributed by atoms with Crippen molar-refractivity contribution >= 4 is 5.91 Å². The van der Waals surface area contributed by atoms with Gasteiger partial charge in [-0.3, -0.25) is 4.79 Å². The molecule has 0 radical (unpaired) electrons. The summed E-state index contributed by atoms with van der Waals surface area (Å²) in [5.41, 5.74) is 5.68. The first-order chi connectivity index (χ1) is 7.27. The normalized spacial score (nSPS) is 26.3. The molecule has 15 heavy (non-hydrogen) atoms. The number of hydrogen-bond acceptors (Lipinski definition) is 3. The SMILES string of the molecule is CCNC(=O)COC1CCCCC1CN. The van der Waals surface area contributed by atoms with Gasteiger partial charge in [-0.2, -0.15) is 0 Å². The number of nitrogens with one attached hydrogen (secondary N) is 1. The molecule has 2 unspecified atom stereocenters. The second-order valence-corrected chi connectivity index (χ2v) is 4.08. The molecule has 0 aromatic heterocycles. The molecule has 1 rings (SSSR count). The highest BCUT2D eigenvalue weighted by Gasteiger charge is 2.24. The predicted octanol–water partition coefficient (Wildman–Crippen LogP) is 0.657. The Hall–Kier alpha value is -0.610. The topological polar surface area (TPSA) is 64.3 Å². The minimum Gasteiger partial charge on any atom is -0.368 e. The Balaban J connectivity index is 2.26. The van der Waals surface area contributed by atoms with Gasteiger partial charge in [0.15, 0.2) is 0 Å². The van der Waals surface area contributed by atoms with Crippen molar-refractivity contribution in [2.75, 3.05) is 19.7 Å². The molecule has 1 amide bonds. The van der Waals surface area contributed by atoms with Gasteiger partial charge >= 0.3 is 0 Å². The maximum atomic E-state index is 11.2. The molecule has 0 heterocycles. The number of ether oxygens (including phenoxy) is 1. The molecule has 0 aromatic rings. The molecule has 88 valence electrons. The van der Waals surface area contributed by atoms with Gasteiger partial charge in [-0.1, -0.05) is 12.8 Å². The molecule has 1 saturated carbocycles. The van der Waals surface area contributed by atoms with Crippen molar-refractivity contribution in [2.24, 2.45) is 11.7 Å². The Morgan fingerprint density at radius 1 is 1.47 bits per heavy atom. The molecule has 2 atom stereocenters. The first-order valence-electron chi connectivity index (χ1n) is 5.86. The fourth-order valence-corrected chi connectivity index (χ4v) is 2.09. The minimum atomic E-state index is -0.0288. The van der Waals surface area contributed by atoms with E-state index >= 15 is 0 Å². The largest absolute Gasteiger partial charge is 0.368 e. The lowest BCUT2D eigenvalue weighted by atomic mass is 9.86. The summed E-state index contributed by atoms with van der Waals surface area (Å²) in [5.74, 6) is 0.409. The Morgan fingerprint density at radius 3 is 2.87 bits per heavy atom. The average Bonchev–Trinajstić information content (AvgIpc) is 2.27. The van der Waals surface area contributed by atoms with Crippen LogP contribution in [0.1, 0.15) is 32.6 Å². The summed E-state index contributed by atoms with van der Waals surface area (Å²) in [6, 6.07) is 0. The fourth-order valence-electron chi connectivity index (χ4n) is 2.09. The quantitative estimate of drug-likeness (QED) is 0.706. The maximum absolute atomic E-state index is 11.2. The number of amides is 1. The van der Waals surface area contributed by atoms with Crippen LogP contribution in [0.25, 0.3) is 0 Å². The lowest BCUT2D eigenvalue weighted by molar-refractivity contribution is -0.129. The Kier molecular flexibility index (Phi) is 5.65. The second kappa shape index (κ2) is 6.80. The van der Waals surface area contributed by atoms with Crippen LogP contribution in [-0.4, -0.2) is 31.7 Å². The second-order valence-electron chi connectivity index (χ2n) is 4.08. The van der Waals surface area contributed by atoms with Crippen molar-refractivity contribution in [3.63, 3.8) is 0 Å². The molecular formula is C11H22N2O2. The number of likely N-dealkylation sites (N-methyl/N-ethyl adjacent to an activating group) is 1. The minimum absolute atomic E-state index is 0.0288. The summed E-state index contributed by atoms with van der Waals surface area (Å²) < 4.78 is 5.61. The highest BCUT2D eigenvalue weighted by Crippen LogP contribution is 2.25. The van der Waals surface area contributed by atoms with Gasteiger partial charge in [-0.25, -0.2) is 0 Å². The van der Waals surface area contributed by atoms with Crippen molar-refractivity contribution < 1.29 is 9.53 Å². The van der Waals surface area contributed by atoms with Gasteiger partial charge in [-0.15, -0.1) is 0 Å².